The zero-order valence-corrected chi connectivity index (χ0v) is 14.4. The van der Waals surface area contributed by atoms with Crippen LogP contribution < -0.4 is 0 Å². The second-order valence-corrected chi connectivity index (χ2v) is 11.6. The molecule has 0 aliphatic heterocycles. The van der Waals surface area contributed by atoms with Crippen LogP contribution in [0.4, 0.5) is 0 Å². The third kappa shape index (κ3) is 4.60. The highest BCUT2D eigenvalue weighted by molar-refractivity contribution is 9.10. The minimum Gasteiger partial charge on any atom is -0.406 e. The highest BCUT2D eigenvalue weighted by atomic mass is 79.9. The first-order valence-corrected chi connectivity index (χ1v) is 9.81. The van der Waals surface area contributed by atoms with Gasteiger partial charge in [-0.25, -0.2) is 0 Å². The van der Waals surface area contributed by atoms with Crippen molar-refractivity contribution in [3.05, 3.63) is 34.3 Å². The summed E-state index contributed by atoms with van der Waals surface area (Å²) in [5.41, 5.74) is 1.03. The highest BCUT2D eigenvalue weighted by Gasteiger charge is 2.36. The number of benzene rings is 1. The lowest BCUT2D eigenvalue weighted by molar-refractivity contribution is 0.334. The van der Waals surface area contributed by atoms with Crippen molar-refractivity contribution in [1.82, 2.24) is 0 Å². The van der Waals surface area contributed by atoms with E-state index in [0.29, 0.717) is 6.61 Å². The largest absolute Gasteiger partial charge is 0.406 e. The summed E-state index contributed by atoms with van der Waals surface area (Å²) in [6.07, 6.45) is 0. The first-order valence-electron chi connectivity index (χ1n) is 6.11. The second-order valence-electron chi connectivity index (χ2n) is 5.86. The molecular weight excluding hydrogens is 304 g/mol. The number of halogens is 1. The molecule has 0 aliphatic carbocycles. The van der Waals surface area contributed by atoms with Crippen LogP contribution in [0, 0.1) is 11.8 Å². The van der Waals surface area contributed by atoms with Crippen molar-refractivity contribution < 1.29 is 4.43 Å². The Labute approximate surface area is 120 Å². The quantitative estimate of drug-likeness (QED) is 0.559. The average Bonchev–Trinajstić information content (AvgIpc) is 2.25. The summed E-state index contributed by atoms with van der Waals surface area (Å²) in [5.74, 6) is 6.22. The Kier molecular flexibility index (Phi) is 5.21. The molecule has 0 aromatic heterocycles. The molecule has 0 N–H and O–H groups in total. The molecule has 1 aromatic rings. The molecule has 0 fully saturated rings. The molecule has 0 bridgehead atoms. The molecular formula is C15H21BrOSi. The molecule has 0 aliphatic rings. The van der Waals surface area contributed by atoms with Crippen LogP contribution in [0.15, 0.2) is 28.7 Å². The molecule has 3 heteroatoms. The Hall–Kier alpha value is -0.563. The van der Waals surface area contributed by atoms with E-state index in [2.05, 4.69) is 61.6 Å². The zero-order valence-electron chi connectivity index (χ0n) is 11.8. The van der Waals surface area contributed by atoms with Gasteiger partial charge in [0.05, 0.1) is 6.61 Å². The summed E-state index contributed by atoms with van der Waals surface area (Å²) in [5, 5.41) is 0.242. The van der Waals surface area contributed by atoms with Gasteiger partial charge in [-0.1, -0.05) is 48.5 Å². The zero-order chi connectivity index (χ0) is 13.8. The van der Waals surface area contributed by atoms with Crippen molar-refractivity contribution in [1.29, 1.82) is 0 Å². The van der Waals surface area contributed by atoms with Crippen molar-refractivity contribution in [2.24, 2.45) is 0 Å². The van der Waals surface area contributed by atoms with E-state index < -0.39 is 8.32 Å². The standard InChI is InChI=1S/C15H21BrOSi/c1-15(2,3)18(4,5)17-12-6-7-13-8-10-14(16)11-9-13/h8-11H,12H2,1-5H3. The SMILES string of the molecule is CC(C)(C)[Si](C)(C)OCC#Cc1ccc(Br)cc1. The van der Waals surface area contributed by atoms with Crippen molar-refractivity contribution in [2.45, 2.75) is 38.9 Å². The maximum Gasteiger partial charge on any atom is 0.193 e. The second kappa shape index (κ2) is 6.05. The van der Waals surface area contributed by atoms with E-state index in [-0.39, 0.29) is 5.04 Å². The summed E-state index contributed by atoms with van der Waals surface area (Å²) in [6, 6.07) is 8.00. The van der Waals surface area contributed by atoms with Gasteiger partial charge in [0.25, 0.3) is 0 Å². The minimum atomic E-state index is -1.66. The van der Waals surface area contributed by atoms with Gasteiger partial charge in [-0.2, -0.15) is 0 Å². The predicted octanol–water partition coefficient (Wildman–Crippen LogP) is 4.82. The van der Waals surface area contributed by atoms with E-state index in [0.717, 1.165) is 10.0 Å². The van der Waals surface area contributed by atoms with Crippen molar-refractivity contribution in [3.63, 3.8) is 0 Å². The topological polar surface area (TPSA) is 9.23 Å². The summed E-state index contributed by atoms with van der Waals surface area (Å²) < 4.78 is 7.07. The van der Waals surface area contributed by atoms with Crippen LogP contribution >= 0.6 is 15.9 Å². The summed E-state index contributed by atoms with van der Waals surface area (Å²) in [7, 11) is -1.66. The van der Waals surface area contributed by atoms with E-state index >= 15 is 0 Å². The third-order valence-electron chi connectivity index (χ3n) is 3.39. The highest BCUT2D eigenvalue weighted by Crippen LogP contribution is 2.36. The molecule has 98 valence electrons. The molecule has 0 atom stereocenters. The average molecular weight is 325 g/mol. The van der Waals surface area contributed by atoms with Crippen LogP contribution in [0.2, 0.25) is 18.1 Å². The summed E-state index contributed by atoms with van der Waals surface area (Å²) in [6.45, 7) is 11.7. The lowest BCUT2D eigenvalue weighted by atomic mass is 10.2. The fraction of sp³-hybridized carbons (Fsp3) is 0.467. The maximum absolute atomic E-state index is 6.00. The fourth-order valence-electron chi connectivity index (χ4n) is 1.10. The molecule has 0 amide bonds. The van der Waals surface area contributed by atoms with Gasteiger partial charge in [-0.15, -0.1) is 0 Å². The van der Waals surface area contributed by atoms with Crippen LogP contribution in [-0.4, -0.2) is 14.9 Å². The van der Waals surface area contributed by atoms with E-state index in [9.17, 15) is 0 Å². The van der Waals surface area contributed by atoms with Crippen LogP contribution in [0.1, 0.15) is 26.3 Å². The Morgan fingerprint density at radius 3 is 2.22 bits per heavy atom. The fourth-order valence-corrected chi connectivity index (χ4v) is 2.23. The smallest absolute Gasteiger partial charge is 0.193 e. The summed E-state index contributed by atoms with van der Waals surface area (Å²) >= 11 is 3.41. The first-order chi connectivity index (χ1) is 8.22. The molecule has 18 heavy (non-hydrogen) atoms. The predicted molar refractivity (Wildman–Crippen MR) is 84.2 cm³/mol. The molecule has 1 rings (SSSR count). The normalized spacial score (nSPS) is 11.9. The van der Waals surface area contributed by atoms with E-state index in [1.165, 1.54) is 0 Å². The van der Waals surface area contributed by atoms with Crippen molar-refractivity contribution >= 4 is 24.2 Å². The van der Waals surface area contributed by atoms with E-state index in [4.69, 9.17) is 4.43 Å². The van der Waals surface area contributed by atoms with Gasteiger partial charge in [-0.3, -0.25) is 0 Å². The molecule has 0 spiro atoms. The molecule has 1 nitrogen and oxygen atoms in total. The number of rotatable bonds is 2. The number of hydrogen-bond acceptors (Lipinski definition) is 1. The van der Waals surface area contributed by atoms with Gasteiger partial charge in [0.15, 0.2) is 8.32 Å². The third-order valence-corrected chi connectivity index (χ3v) is 8.40. The maximum atomic E-state index is 6.00. The van der Waals surface area contributed by atoms with Crippen LogP contribution in [0.5, 0.6) is 0 Å². The Morgan fingerprint density at radius 1 is 1.17 bits per heavy atom. The molecule has 0 saturated heterocycles. The van der Waals surface area contributed by atoms with Crippen molar-refractivity contribution in [2.75, 3.05) is 6.61 Å². The van der Waals surface area contributed by atoms with Crippen LogP contribution in [-0.2, 0) is 4.43 Å². The van der Waals surface area contributed by atoms with Gasteiger partial charge in [0, 0.05) is 10.0 Å². The lowest BCUT2D eigenvalue weighted by Crippen LogP contribution is -2.40. The van der Waals surface area contributed by atoms with E-state index in [1.54, 1.807) is 0 Å². The summed E-state index contributed by atoms with van der Waals surface area (Å²) in [4.78, 5) is 0. The van der Waals surface area contributed by atoms with Gasteiger partial charge in [-0.05, 0) is 42.4 Å². The minimum absolute atomic E-state index is 0.242. The first kappa shape index (κ1) is 15.5. The van der Waals surface area contributed by atoms with Crippen LogP contribution in [0.25, 0.3) is 0 Å². The van der Waals surface area contributed by atoms with Gasteiger partial charge >= 0.3 is 0 Å². The monoisotopic (exact) mass is 324 g/mol. The molecule has 0 heterocycles. The molecule has 0 saturated carbocycles. The molecule has 0 radical (unpaired) electrons. The van der Waals surface area contributed by atoms with E-state index in [1.807, 2.05) is 24.3 Å². The number of hydrogen-bond donors (Lipinski definition) is 0. The van der Waals surface area contributed by atoms with Crippen molar-refractivity contribution in [3.8, 4) is 11.8 Å². The van der Waals surface area contributed by atoms with Gasteiger partial charge < -0.3 is 4.43 Å². The molecule has 0 unspecified atom stereocenters. The Bertz CT molecular complexity index is 446. The lowest BCUT2D eigenvalue weighted by Gasteiger charge is -2.35. The Balaban J connectivity index is 2.55. The molecule has 1 aromatic carbocycles. The van der Waals surface area contributed by atoms with Gasteiger partial charge in [0.2, 0.25) is 0 Å². The Morgan fingerprint density at radius 2 is 1.72 bits per heavy atom. The van der Waals surface area contributed by atoms with Crippen LogP contribution in [0.3, 0.4) is 0 Å². The van der Waals surface area contributed by atoms with Gasteiger partial charge in [0.1, 0.15) is 0 Å².